The van der Waals surface area contributed by atoms with Crippen molar-refractivity contribution in [1.82, 2.24) is 4.72 Å². The molecule has 1 atom stereocenters. The van der Waals surface area contributed by atoms with Gasteiger partial charge in [0.15, 0.2) is 0 Å². The lowest BCUT2D eigenvalue weighted by atomic mass is 10.3. The molecule has 0 heterocycles. The fourth-order valence-corrected chi connectivity index (χ4v) is 2.35. The summed E-state index contributed by atoms with van der Waals surface area (Å²) >= 11 is 0. The van der Waals surface area contributed by atoms with Crippen LogP contribution >= 0.6 is 0 Å². The SMILES string of the molecule is CC(NS(=O)(=O)C1CC1)C(=N)N. The van der Waals surface area contributed by atoms with Crippen molar-refractivity contribution in [1.29, 1.82) is 5.41 Å². The van der Waals surface area contributed by atoms with Crippen LogP contribution in [-0.2, 0) is 10.0 Å². The second kappa shape index (κ2) is 3.02. The molecule has 0 amide bonds. The van der Waals surface area contributed by atoms with Gasteiger partial charge in [0.2, 0.25) is 10.0 Å². The summed E-state index contributed by atoms with van der Waals surface area (Å²) in [5.41, 5.74) is 5.12. The maximum absolute atomic E-state index is 11.2. The van der Waals surface area contributed by atoms with Crippen LogP contribution in [-0.4, -0.2) is 25.5 Å². The van der Waals surface area contributed by atoms with Gasteiger partial charge in [0.05, 0.1) is 11.3 Å². The van der Waals surface area contributed by atoms with E-state index in [0.717, 1.165) is 12.8 Å². The Labute approximate surface area is 71.9 Å². The maximum atomic E-state index is 11.2. The second-order valence-electron chi connectivity index (χ2n) is 3.04. The lowest BCUT2D eigenvalue weighted by Crippen LogP contribution is -2.43. The topological polar surface area (TPSA) is 96.0 Å². The number of rotatable bonds is 4. The van der Waals surface area contributed by atoms with Crippen LogP contribution in [0.25, 0.3) is 0 Å². The minimum Gasteiger partial charge on any atom is -0.386 e. The minimum atomic E-state index is -3.20. The van der Waals surface area contributed by atoms with E-state index in [2.05, 4.69) is 4.72 Å². The second-order valence-corrected chi connectivity index (χ2v) is 5.03. The molecule has 1 aliphatic rings. The Morgan fingerprint density at radius 2 is 2.17 bits per heavy atom. The first kappa shape index (κ1) is 9.47. The van der Waals surface area contributed by atoms with Gasteiger partial charge in [-0.3, -0.25) is 5.41 Å². The first-order chi connectivity index (χ1) is 5.43. The number of hydrogen-bond donors (Lipinski definition) is 3. The van der Waals surface area contributed by atoms with Gasteiger partial charge in [-0.1, -0.05) is 0 Å². The van der Waals surface area contributed by atoms with Crippen LogP contribution in [0.2, 0.25) is 0 Å². The highest BCUT2D eigenvalue weighted by Gasteiger charge is 2.36. The van der Waals surface area contributed by atoms with Crippen molar-refractivity contribution in [3.63, 3.8) is 0 Å². The molecule has 0 saturated heterocycles. The van der Waals surface area contributed by atoms with Crippen LogP contribution in [0.1, 0.15) is 19.8 Å². The van der Waals surface area contributed by atoms with E-state index in [1.807, 2.05) is 0 Å². The largest absolute Gasteiger partial charge is 0.386 e. The molecule has 0 aliphatic heterocycles. The zero-order chi connectivity index (χ0) is 9.35. The predicted octanol–water partition coefficient (Wildman–Crippen LogP) is -0.607. The highest BCUT2D eigenvalue weighted by Crippen LogP contribution is 2.27. The zero-order valence-corrected chi connectivity index (χ0v) is 7.69. The summed E-state index contributed by atoms with van der Waals surface area (Å²) in [4.78, 5) is 0. The molecule has 1 saturated carbocycles. The summed E-state index contributed by atoms with van der Waals surface area (Å²) in [6.45, 7) is 1.56. The molecule has 0 aromatic heterocycles. The van der Waals surface area contributed by atoms with E-state index in [-0.39, 0.29) is 11.1 Å². The Balaban J connectivity index is 2.55. The van der Waals surface area contributed by atoms with E-state index in [1.54, 1.807) is 6.92 Å². The van der Waals surface area contributed by atoms with Gasteiger partial charge in [0.1, 0.15) is 5.84 Å². The molecular formula is C6H13N3O2S. The number of hydrogen-bond acceptors (Lipinski definition) is 3. The minimum absolute atomic E-state index is 0.153. The van der Waals surface area contributed by atoms with E-state index >= 15 is 0 Å². The lowest BCUT2D eigenvalue weighted by molar-refractivity contribution is 0.576. The standard InChI is InChI=1S/C6H13N3O2S/c1-4(6(7)8)9-12(10,11)5-2-3-5/h4-5,9H,2-3H2,1H3,(H3,7,8). The summed E-state index contributed by atoms with van der Waals surface area (Å²) in [5, 5.41) is 6.74. The smallest absolute Gasteiger partial charge is 0.215 e. The van der Waals surface area contributed by atoms with Gasteiger partial charge in [-0.05, 0) is 19.8 Å². The van der Waals surface area contributed by atoms with Crippen LogP contribution in [0.5, 0.6) is 0 Å². The fraction of sp³-hybridized carbons (Fsp3) is 0.833. The Morgan fingerprint density at radius 3 is 2.50 bits per heavy atom. The van der Waals surface area contributed by atoms with Crippen molar-refractivity contribution < 1.29 is 8.42 Å². The molecule has 1 rings (SSSR count). The molecule has 0 aromatic carbocycles. The fourth-order valence-electron chi connectivity index (χ4n) is 0.784. The van der Waals surface area contributed by atoms with Crippen LogP contribution in [0, 0.1) is 5.41 Å². The first-order valence-electron chi connectivity index (χ1n) is 3.78. The van der Waals surface area contributed by atoms with Gasteiger partial charge in [-0.25, -0.2) is 13.1 Å². The van der Waals surface area contributed by atoms with E-state index in [9.17, 15) is 8.42 Å². The van der Waals surface area contributed by atoms with E-state index in [1.165, 1.54) is 0 Å². The number of nitrogens with two attached hydrogens (primary N) is 1. The molecule has 1 unspecified atom stereocenters. The molecule has 0 bridgehead atoms. The summed E-state index contributed by atoms with van der Waals surface area (Å²) < 4.78 is 24.8. The Bertz CT molecular complexity index is 281. The molecule has 5 nitrogen and oxygen atoms in total. The third-order valence-electron chi connectivity index (χ3n) is 1.77. The molecule has 70 valence electrons. The van der Waals surface area contributed by atoms with Crippen molar-refractivity contribution in [2.75, 3.05) is 0 Å². The summed E-state index contributed by atoms with van der Waals surface area (Å²) in [7, 11) is -3.20. The van der Waals surface area contributed by atoms with E-state index in [4.69, 9.17) is 11.1 Å². The Morgan fingerprint density at radius 1 is 1.67 bits per heavy atom. The number of amidine groups is 1. The van der Waals surface area contributed by atoms with Gasteiger partial charge < -0.3 is 5.73 Å². The van der Waals surface area contributed by atoms with E-state index < -0.39 is 16.1 Å². The molecule has 0 aromatic rings. The molecule has 1 fully saturated rings. The molecule has 12 heavy (non-hydrogen) atoms. The van der Waals surface area contributed by atoms with Crippen LogP contribution < -0.4 is 10.5 Å². The highest BCUT2D eigenvalue weighted by molar-refractivity contribution is 7.90. The lowest BCUT2D eigenvalue weighted by Gasteiger charge is -2.11. The quantitative estimate of drug-likeness (QED) is 0.408. The van der Waals surface area contributed by atoms with Gasteiger partial charge in [-0.2, -0.15) is 0 Å². The van der Waals surface area contributed by atoms with Crippen LogP contribution in [0.3, 0.4) is 0 Å². The predicted molar refractivity (Wildman–Crippen MR) is 46.5 cm³/mol. The van der Waals surface area contributed by atoms with Crippen molar-refractivity contribution >= 4 is 15.9 Å². The highest BCUT2D eigenvalue weighted by atomic mass is 32.2. The van der Waals surface area contributed by atoms with Crippen LogP contribution in [0.15, 0.2) is 0 Å². The van der Waals surface area contributed by atoms with Gasteiger partial charge >= 0.3 is 0 Å². The van der Waals surface area contributed by atoms with Crippen molar-refractivity contribution in [3.05, 3.63) is 0 Å². The van der Waals surface area contributed by atoms with Gasteiger partial charge in [0.25, 0.3) is 0 Å². The molecule has 0 spiro atoms. The van der Waals surface area contributed by atoms with Crippen molar-refractivity contribution in [3.8, 4) is 0 Å². The summed E-state index contributed by atoms with van der Waals surface area (Å²) in [5.74, 6) is -0.153. The molecule has 6 heteroatoms. The average molecular weight is 191 g/mol. The third kappa shape index (κ3) is 2.18. The molecule has 4 N–H and O–H groups in total. The Kier molecular flexibility index (Phi) is 2.39. The summed E-state index contributed by atoms with van der Waals surface area (Å²) in [6.07, 6.45) is 1.44. The third-order valence-corrected chi connectivity index (χ3v) is 3.80. The van der Waals surface area contributed by atoms with E-state index in [0.29, 0.717) is 0 Å². The molecule has 0 radical (unpaired) electrons. The van der Waals surface area contributed by atoms with Crippen molar-refractivity contribution in [2.45, 2.75) is 31.1 Å². The Hall–Kier alpha value is -0.620. The van der Waals surface area contributed by atoms with Gasteiger partial charge in [0, 0.05) is 0 Å². The molecular weight excluding hydrogens is 178 g/mol. The monoisotopic (exact) mass is 191 g/mol. The first-order valence-corrected chi connectivity index (χ1v) is 5.33. The zero-order valence-electron chi connectivity index (χ0n) is 6.87. The van der Waals surface area contributed by atoms with Crippen LogP contribution in [0.4, 0.5) is 0 Å². The number of sulfonamides is 1. The normalized spacial score (nSPS) is 20.4. The number of nitrogens with one attached hydrogen (secondary N) is 2. The maximum Gasteiger partial charge on any atom is 0.215 e. The average Bonchev–Trinajstić information content (AvgIpc) is 2.65. The molecule has 1 aliphatic carbocycles. The van der Waals surface area contributed by atoms with Gasteiger partial charge in [-0.15, -0.1) is 0 Å². The summed E-state index contributed by atoms with van der Waals surface area (Å²) in [6, 6.07) is -0.587. The van der Waals surface area contributed by atoms with Crippen molar-refractivity contribution in [2.24, 2.45) is 5.73 Å².